The van der Waals surface area contributed by atoms with Gasteiger partial charge in [-0.2, -0.15) is 5.26 Å². The molecule has 2 aromatic rings. The largest absolute Gasteiger partial charge is 0.397 e. The second-order valence-electron chi connectivity index (χ2n) is 4.10. The predicted molar refractivity (Wildman–Crippen MR) is 78.8 cm³/mol. The number of nitrogens with two attached hydrogens (primary N) is 1. The fraction of sp³-hybridized carbons (Fsp3) is 0.0714. The average molecular weight is 285 g/mol. The van der Waals surface area contributed by atoms with Crippen LogP contribution in [0.4, 0.5) is 5.69 Å². The van der Waals surface area contributed by atoms with Crippen LogP contribution in [0.3, 0.4) is 0 Å². The molecule has 0 aliphatic rings. The zero-order valence-electron chi connectivity index (χ0n) is 10.7. The number of hydrogen-bond donors (Lipinski definition) is 1. The summed E-state index contributed by atoms with van der Waals surface area (Å²) in [5, 5.41) is 22.2. The molecule has 2 rings (SSSR count). The van der Waals surface area contributed by atoms with Crippen molar-refractivity contribution in [3.63, 3.8) is 0 Å². The van der Waals surface area contributed by atoms with E-state index in [9.17, 15) is 15.4 Å². The number of allylic oxidation sites excluding steroid dienone is 1. The maximum Gasteiger partial charge on any atom is 0.278 e. The van der Waals surface area contributed by atoms with Gasteiger partial charge >= 0.3 is 0 Å². The smallest absolute Gasteiger partial charge is 0.278 e. The summed E-state index contributed by atoms with van der Waals surface area (Å²) in [6.45, 7) is 1.73. The van der Waals surface area contributed by atoms with Crippen molar-refractivity contribution in [1.29, 1.82) is 5.26 Å². The van der Waals surface area contributed by atoms with Crippen LogP contribution in [0.15, 0.2) is 35.7 Å². The van der Waals surface area contributed by atoms with Crippen LogP contribution in [0.25, 0.3) is 11.3 Å². The Morgan fingerprint density at radius 1 is 1.40 bits per heavy atom. The van der Waals surface area contributed by atoms with Gasteiger partial charge in [0.05, 0.1) is 21.8 Å². The molecule has 1 aromatic carbocycles. The third kappa shape index (κ3) is 2.39. The molecule has 2 N–H and O–H groups in total. The van der Waals surface area contributed by atoms with Gasteiger partial charge in [0.15, 0.2) is 0 Å². The molecule has 0 amide bonds. The van der Waals surface area contributed by atoms with Crippen molar-refractivity contribution in [2.75, 3.05) is 0 Å². The molecule has 5 nitrogen and oxygen atoms in total. The van der Waals surface area contributed by atoms with Crippen LogP contribution in [-0.4, -0.2) is 4.92 Å². The quantitative estimate of drug-likeness (QED) is 0.532. The van der Waals surface area contributed by atoms with Gasteiger partial charge in [-0.15, -0.1) is 11.3 Å². The monoisotopic (exact) mass is 285 g/mol. The molecule has 0 radical (unpaired) electrons. The Morgan fingerprint density at radius 3 is 2.70 bits per heavy atom. The van der Waals surface area contributed by atoms with Crippen LogP contribution in [0, 0.1) is 28.4 Å². The van der Waals surface area contributed by atoms with Gasteiger partial charge in [-0.25, -0.2) is 0 Å². The van der Waals surface area contributed by atoms with Gasteiger partial charge in [0.2, 0.25) is 0 Å². The van der Waals surface area contributed by atoms with E-state index in [1.807, 2.05) is 11.4 Å². The van der Waals surface area contributed by atoms with E-state index in [1.54, 1.807) is 31.2 Å². The molecule has 0 spiro atoms. The molecule has 20 heavy (non-hydrogen) atoms. The summed E-state index contributed by atoms with van der Waals surface area (Å²) in [4.78, 5) is 11.3. The Kier molecular flexibility index (Phi) is 3.82. The number of thiophene rings is 1. The number of nitro benzene ring substituents is 1. The number of nitriles is 1. The van der Waals surface area contributed by atoms with E-state index in [-0.39, 0.29) is 17.0 Å². The van der Waals surface area contributed by atoms with Crippen molar-refractivity contribution >= 4 is 28.3 Å². The van der Waals surface area contributed by atoms with Crippen molar-refractivity contribution in [2.24, 2.45) is 5.73 Å². The van der Waals surface area contributed by atoms with Crippen molar-refractivity contribution in [1.82, 2.24) is 0 Å². The van der Waals surface area contributed by atoms with Gasteiger partial charge in [-0.1, -0.05) is 18.2 Å². The van der Waals surface area contributed by atoms with Gasteiger partial charge in [0.1, 0.15) is 6.07 Å². The Bertz CT molecular complexity index is 727. The normalized spacial score (nSPS) is 11.6. The van der Waals surface area contributed by atoms with E-state index in [4.69, 9.17) is 5.73 Å². The first kappa shape index (κ1) is 13.8. The summed E-state index contributed by atoms with van der Waals surface area (Å²) < 4.78 is 0. The second kappa shape index (κ2) is 5.55. The Hall–Kier alpha value is -2.65. The highest BCUT2D eigenvalue weighted by Gasteiger charge is 2.21. The highest BCUT2D eigenvalue weighted by Crippen LogP contribution is 2.32. The van der Waals surface area contributed by atoms with Crippen LogP contribution in [0.2, 0.25) is 0 Å². The second-order valence-corrected chi connectivity index (χ2v) is 5.05. The predicted octanol–water partition coefficient (Wildman–Crippen LogP) is 3.32. The lowest BCUT2D eigenvalue weighted by molar-refractivity contribution is -0.385. The average Bonchev–Trinajstić information content (AvgIpc) is 2.92. The minimum absolute atomic E-state index is 0.0909. The van der Waals surface area contributed by atoms with E-state index in [0.717, 1.165) is 0 Å². The number of benzene rings is 1. The Morgan fingerprint density at radius 2 is 2.15 bits per heavy atom. The topological polar surface area (TPSA) is 92.9 Å². The van der Waals surface area contributed by atoms with Crippen molar-refractivity contribution in [3.8, 4) is 6.07 Å². The van der Waals surface area contributed by atoms with Crippen molar-refractivity contribution in [3.05, 3.63) is 61.8 Å². The zero-order chi connectivity index (χ0) is 14.7. The number of aryl methyl sites for hydroxylation is 1. The number of hydrogen-bond acceptors (Lipinski definition) is 5. The van der Waals surface area contributed by atoms with Gasteiger partial charge in [0.25, 0.3) is 5.69 Å². The molecule has 0 saturated carbocycles. The molecular formula is C14H11N3O2S. The highest BCUT2D eigenvalue weighted by atomic mass is 32.1. The lowest BCUT2D eigenvalue weighted by atomic mass is 10.00. The van der Waals surface area contributed by atoms with Crippen LogP contribution in [0.5, 0.6) is 0 Å². The molecule has 1 heterocycles. The molecule has 0 fully saturated rings. The number of nitro groups is 1. The molecule has 6 heteroatoms. The van der Waals surface area contributed by atoms with Crippen molar-refractivity contribution in [2.45, 2.75) is 6.92 Å². The SMILES string of the molecule is Cc1cccc([N+](=O)[O-])c1/C(N)=C(/C#N)c1cccs1. The van der Waals surface area contributed by atoms with E-state index in [2.05, 4.69) is 0 Å². The van der Waals surface area contributed by atoms with Crippen LogP contribution in [-0.2, 0) is 0 Å². The minimum atomic E-state index is -0.487. The first-order chi connectivity index (χ1) is 9.56. The van der Waals surface area contributed by atoms with Gasteiger partial charge in [-0.05, 0) is 23.9 Å². The molecule has 100 valence electrons. The first-order valence-corrected chi connectivity index (χ1v) is 6.62. The number of rotatable bonds is 3. The maximum absolute atomic E-state index is 11.1. The fourth-order valence-electron chi connectivity index (χ4n) is 1.95. The standard InChI is InChI=1S/C14H11N3O2S/c1-9-4-2-5-11(17(18)19)13(9)14(16)10(8-15)12-6-3-7-20-12/h2-7H,16H2,1H3/b14-10+. The van der Waals surface area contributed by atoms with E-state index in [1.165, 1.54) is 17.4 Å². The van der Waals surface area contributed by atoms with Crippen LogP contribution in [0.1, 0.15) is 16.0 Å². The van der Waals surface area contributed by atoms with Gasteiger partial charge in [0, 0.05) is 10.9 Å². The molecule has 0 unspecified atom stereocenters. The summed E-state index contributed by atoms with van der Waals surface area (Å²) in [7, 11) is 0. The van der Waals surface area contributed by atoms with E-state index < -0.39 is 4.92 Å². The number of nitrogens with zero attached hydrogens (tertiary/aromatic N) is 2. The van der Waals surface area contributed by atoms with Crippen LogP contribution < -0.4 is 5.73 Å². The first-order valence-electron chi connectivity index (χ1n) is 5.74. The lowest BCUT2D eigenvalue weighted by Gasteiger charge is -2.08. The maximum atomic E-state index is 11.1. The summed E-state index contributed by atoms with van der Waals surface area (Å²) in [6.07, 6.45) is 0. The summed E-state index contributed by atoms with van der Waals surface area (Å²) >= 11 is 1.37. The highest BCUT2D eigenvalue weighted by molar-refractivity contribution is 7.11. The van der Waals surface area contributed by atoms with Crippen LogP contribution >= 0.6 is 11.3 Å². The zero-order valence-corrected chi connectivity index (χ0v) is 11.5. The van der Waals surface area contributed by atoms with Crippen molar-refractivity contribution < 1.29 is 4.92 Å². The molecular weight excluding hydrogens is 274 g/mol. The molecule has 0 atom stereocenters. The molecule has 1 aromatic heterocycles. The van der Waals surface area contributed by atoms with Gasteiger partial charge < -0.3 is 5.73 Å². The van der Waals surface area contributed by atoms with Gasteiger partial charge in [-0.3, -0.25) is 10.1 Å². The van der Waals surface area contributed by atoms with E-state index >= 15 is 0 Å². The minimum Gasteiger partial charge on any atom is -0.397 e. The Labute approximate surface area is 119 Å². The lowest BCUT2D eigenvalue weighted by Crippen LogP contribution is -2.05. The Balaban J connectivity index is 2.73. The fourth-order valence-corrected chi connectivity index (χ4v) is 2.68. The van der Waals surface area contributed by atoms with E-state index in [0.29, 0.717) is 16.0 Å². The summed E-state index contributed by atoms with van der Waals surface area (Å²) in [6, 6.07) is 10.3. The third-order valence-electron chi connectivity index (χ3n) is 2.87. The summed E-state index contributed by atoms with van der Waals surface area (Å²) in [5.74, 6) is 0. The summed E-state index contributed by atoms with van der Waals surface area (Å²) in [5.41, 5.74) is 7.32. The molecule has 0 saturated heterocycles. The molecule has 0 bridgehead atoms. The molecule has 0 aliphatic heterocycles. The third-order valence-corrected chi connectivity index (χ3v) is 3.75. The molecule has 0 aliphatic carbocycles.